The molecule has 3 heteroatoms. The van der Waals surface area contributed by atoms with Crippen molar-refractivity contribution >= 4 is 5.78 Å². The minimum atomic E-state index is 0.115. The van der Waals surface area contributed by atoms with E-state index in [9.17, 15) is 9.90 Å². The number of carbonyl (C=O) groups is 1. The highest BCUT2D eigenvalue weighted by Crippen LogP contribution is 2.51. The fraction of sp³-hybridized carbons (Fsp3) is 0.650. The van der Waals surface area contributed by atoms with Crippen molar-refractivity contribution in [1.29, 1.82) is 0 Å². The van der Waals surface area contributed by atoms with Crippen LogP contribution in [0.3, 0.4) is 0 Å². The number of rotatable bonds is 7. The molecule has 0 aliphatic carbocycles. The smallest absolute Gasteiger partial charge is 0.162 e. The van der Waals surface area contributed by atoms with Gasteiger partial charge in [-0.15, -0.1) is 0 Å². The van der Waals surface area contributed by atoms with Crippen LogP contribution in [0.25, 0.3) is 0 Å². The highest BCUT2D eigenvalue weighted by Gasteiger charge is 2.53. The summed E-state index contributed by atoms with van der Waals surface area (Å²) in [7, 11) is 0. The van der Waals surface area contributed by atoms with Gasteiger partial charge in [0.05, 0.1) is 6.61 Å². The summed E-state index contributed by atoms with van der Waals surface area (Å²) in [6.07, 6.45) is 6.21. The molecule has 1 N–H and O–H groups in total. The third-order valence-electron chi connectivity index (χ3n) is 6.20. The quantitative estimate of drug-likeness (QED) is 0.782. The van der Waals surface area contributed by atoms with Gasteiger partial charge in [0.1, 0.15) is 0 Å². The van der Waals surface area contributed by atoms with Crippen LogP contribution in [0, 0.1) is 12.3 Å². The first-order valence-electron chi connectivity index (χ1n) is 9.06. The maximum atomic E-state index is 12.3. The van der Waals surface area contributed by atoms with Crippen molar-refractivity contribution in [3.8, 4) is 0 Å². The third-order valence-corrected chi connectivity index (χ3v) is 6.20. The van der Waals surface area contributed by atoms with E-state index in [1.807, 2.05) is 31.2 Å². The molecule has 2 heterocycles. The second kappa shape index (κ2) is 6.74. The van der Waals surface area contributed by atoms with E-state index in [1.54, 1.807) is 0 Å². The maximum absolute atomic E-state index is 12.3. The molecule has 3 rings (SSSR count). The van der Waals surface area contributed by atoms with E-state index in [1.165, 1.54) is 18.4 Å². The average Bonchev–Trinajstić information content (AvgIpc) is 3.10. The van der Waals surface area contributed by atoms with Crippen LogP contribution in [0.5, 0.6) is 0 Å². The summed E-state index contributed by atoms with van der Waals surface area (Å²) < 4.78 is 0. The second-order valence-corrected chi connectivity index (χ2v) is 7.46. The Morgan fingerprint density at radius 1 is 1.30 bits per heavy atom. The molecule has 2 fully saturated rings. The lowest BCUT2D eigenvalue weighted by atomic mass is 9.72. The zero-order chi connectivity index (χ0) is 16.4. The van der Waals surface area contributed by atoms with Gasteiger partial charge in [-0.3, -0.25) is 9.69 Å². The van der Waals surface area contributed by atoms with E-state index in [2.05, 4.69) is 11.8 Å². The molecule has 3 nitrogen and oxygen atoms in total. The summed E-state index contributed by atoms with van der Waals surface area (Å²) in [5.74, 6) is 0.250. The van der Waals surface area contributed by atoms with Crippen LogP contribution in [0.4, 0.5) is 0 Å². The number of aryl methyl sites for hydroxylation is 1. The van der Waals surface area contributed by atoms with Crippen LogP contribution < -0.4 is 0 Å². The largest absolute Gasteiger partial charge is 0.396 e. The summed E-state index contributed by atoms with van der Waals surface area (Å²) in [6.45, 7) is 5.55. The Balaban J connectivity index is 1.53. The predicted octanol–water partition coefficient (Wildman–Crippen LogP) is 3.58. The molecule has 2 saturated heterocycles. The Morgan fingerprint density at radius 3 is 2.65 bits per heavy atom. The lowest BCUT2D eigenvalue weighted by Gasteiger charge is -2.35. The lowest BCUT2D eigenvalue weighted by Crippen LogP contribution is -2.40. The van der Waals surface area contributed by atoms with E-state index in [-0.39, 0.29) is 11.2 Å². The lowest BCUT2D eigenvalue weighted by molar-refractivity contribution is 0.0721. The van der Waals surface area contributed by atoms with Gasteiger partial charge < -0.3 is 5.11 Å². The number of carbonyl (C=O) groups excluding carboxylic acids is 1. The van der Waals surface area contributed by atoms with Gasteiger partial charge in [-0.1, -0.05) is 36.8 Å². The van der Waals surface area contributed by atoms with Gasteiger partial charge in [0.15, 0.2) is 5.78 Å². The van der Waals surface area contributed by atoms with E-state index >= 15 is 0 Å². The van der Waals surface area contributed by atoms with Gasteiger partial charge >= 0.3 is 0 Å². The number of aliphatic hydroxyl groups is 1. The molecule has 0 radical (unpaired) electrons. The van der Waals surface area contributed by atoms with Crippen molar-refractivity contribution in [3.05, 3.63) is 35.4 Å². The first kappa shape index (κ1) is 16.7. The van der Waals surface area contributed by atoms with Crippen LogP contribution in [0.1, 0.15) is 61.4 Å². The SMILES string of the molecule is CC[C@]1(CO)C[C@H]2CC[C@@H]1N2CCCC(=O)c1ccc(C)cc1. The first-order valence-corrected chi connectivity index (χ1v) is 9.06. The van der Waals surface area contributed by atoms with Crippen LogP contribution in [-0.4, -0.2) is 41.0 Å². The molecule has 23 heavy (non-hydrogen) atoms. The molecular weight excluding hydrogens is 286 g/mol. The Bertz CT molecular complexity index is 547. The van der Waals surface area contributed by atoms with Crippen molar-refractivity contribution in [2.45, 2.75) is 64.5 Å². The number of Topliss-reactive ketones (excluding diaryl/α,β-unsaturated/α-hetero) is 1. The summed E-state index contributed by atoms with van der Waals surface area (Å²) in [6, 6.07) is 9.03. The maximum Gasteiger partial charge on any atom is 0.162 e. The van der Waals surface area contributed by atoms with Gasteiger partial charge in [-0.25, -0.2) is 0 Å². The highest BCUT2D eigenvalue weighted by atomic mass is 16.3. The monoisotopic (exact) mass is 315 g/mol. The number of fused-ring (bicyclic) bond motifs is 2. The number of aliphatic hydroxyl groups excluding tert-OH is 1. The summed E-state index contributed by atoms with van der Waals surface area (Å²) >= 11 is 0. The molecule has 0 spiro atoms. The zero-order valence-corrected chi connectivity index (χ0v) is 14.4. The van der Waals surface area contributed by atoms with Crippen LogP contribution in [0.15, 0.2) is 24.3 Å². The second-order valence-electron chi connectivity index (χ2n) is 7.46. The standard InChI is InChI=1S/C20H29NO2/c1-3-20(14-22)13-17-10-11-19(20)21(17)12-4-5-18(23)16-8-6-15(2)7-9-16/h6-9,17,19,22H,3-5,10-14H2,1-2H3/t17-,19+,20-/m1/s1. The van der Waals surface area contributed by atoms with E-state index in [0.717, 1.165) is 31.4 Å². The van der Waals surface area contributed by atoms with E-state index in [0.29, 0.717) is 25.1 Å². The fourth-order valence-electron chi connectivity index (χ4n) is 4.73. The molecule has 1 aromatic rings. The molecule has 0 unspecified atom stereocenters. The topological polar surface area (TPSA) is 40.5 Å². The minimum absolute atomic E-state index is 0.115. The van der Waals surface area contributed by atoms with Crippen molar-refractivity contribution in [2.24, 2.45) is 5.41 Å². The van der Waals surface area contributed by atoms with Gasteiger partial charge in [-0.05, 0) is 45.6 Å². The van der Waals surface area contributed by atoms with Gasteiger partial charge in [0.2, 0.25) is 0 Å². The predicted molar refractivity (Wildman–Crippen MR) is 92.7 cm³/mol. The van der Waals surface area contributed by atoms with Gasteiger partial charge in [0, 0.05) is 29.5 Å². The van der Waals surface area contributed by atoms with Crippen molar-refractivity contribution < 1.29 is 9.90 Å². The van der Waals surface area contributed by atoms with Gasteiger partial charge in [-0.2, -0.15) is 0 Å². The molecule has 0 amide bonds. The molecule has 1 aromatic carbocycles. The third kappa shape index (κ3) is 3.09. The summed E-state index contributed by atoms with van der Waals surface area (Å²) in [5, 5.41) is 9.86. The Hall–Kier alpha value is -1.19. The fourth-order valence-corrected chi connectivity index (χ4v) is 4.73. The molecule has 0 saturated carbocycles. The van der Waals surface area contributed by atoms with Crippen LogP contribution in [-0.2, 0) is 0 Å². The number of hydrogen-bond donors (Lipinski definition) is 1. The summed E-state index contributed by atoms with van der Waals surface area (Å²) in [4.78, 5) is 14.9. The first-order chi connectivity index (χ1) is 11.1. The molecule has 2 aliphatic rings. The summed E-state index contributed by atoms with van der Waals surface area (Å²) in [5.41, 5.74) is 2.14. The van der Waals surface area contributed by atoms with Crippen LogP contribution in [0.2, 0.25) is 0 Å². The van der Waals surface area contributed by atoms with Crippen molar-refractivity contribution in [2.75, 3.05) is 13.2 Å². The number of nitrogens with zero attached hydrogens (tertiary/aromatic N) is 1. The minimum Gasteiger partial charge on any atom is -0.396 e. The molecule has 0 aromatic heterocycles. The molecule has 3 atom stereocenters. The number of benzene rings is 1. The normalized spacial score (nSPS) is 30.0. The molecule has 2 bridgehead atoms. The highest BCUT2D eigenvalue weighted by molar-refractivity contribution is 5.96. The Kier molecular flexibility index (Phi) is 4.88. The van der Waals surface area contributed by atoms with E-state index < -0.39 is 0 Å². The molecular formula is C20H29NO2. The average molecular weight is 315 g/mol. The van der Waals surface area contributed by atoms with Crippen molar-refractivity contribution in [3.63, 3.8) is 0 Å². The Morgan fingerprint density at radius 2 is 2.04 bits per heavy atom. The Labute approximate surface area is 139 Å². The van der Waals surface area contributed by atoms with Crippen molar-refractivity contribution in [1.82, 2.24) is 4.90 Å². The number of ketones is 1. The molecule has 126 valence electrons. The van der Waals surface area contributed by atoms with Gasteiger partial charge in [0.25, 0.3) is 0 Å². The molecule has 2 aliphatic heterocycles. The number of hydrogen-bond acceptors (Lipinski definition) is 3. The van der Waals surface area contributed by atoms with Crippen LogP contribution >= 0.6 is 0 Å². The van der Waals surface area contributed by atoms with E-state index in [4.69, 9.17) is 0 Å². The zero-order valence-electron chi connectivity index (χ0n) is 14.4.